The van der Waals surface area contributed by atoms with Crippen molar-refractivity contribution in [1.82, 2.24) is 5.32 Å². The molecule has 0 spiro atoms. The molecule has 4 aliphatic rings. The second kappa shape index (κ2) is 9.16. The second-order valence-electron chi connectivity index (χ2n) is 12.2. The van der Waals surface area contributed by atoms with Gasteiger partial charge in [-0.05, 0) is 97.7 Å². The third kappa shape index (κ3) is 3.93. The number of fused-ring (bicyclic) bond motifs is 5. The van der Waals surface area contributed by atoms with Gasteiger partial charge in [0.1, 0.15) is 0 Å². The van der Waals surface area contributed by atoms with Gasteiger partial charge in [0.25, 0.3) is 0 Å². The summed E-state index contributed by atoms with van der Waals surface area (Å²) in [6.45, 7) is 7.86. The first kappa shape index (κ1) is 24.4. The van der Waals surface area contributed by atoms with Crippen molar-refractivity contribution in [3.8, 4) is 0 Å². The van der Waals surface area contributed by atoms with Crippen LogP contribution in [0.4, 0.5) is 0 Å². The summed E-state index contributed by atoms with van der Waals surface area (Å²) in [7, 11) is 0. The summed E-state index contributed by atoms with van der Waals surface area (Å²) >= 11 is 0. The first-order chi connectivity index (χ1) is 15.1. The van der Waals surface area contributed by atoms with E-state index in [1.54, 1.807) is 0 Å². The summed E-state index contributed by atoms with van der Waals surface area (Å²) in [5.41, 5.74) is 5.39. The molecule has 11 atom stereocenters. The van der Waals surface area contributed by atoms with Gasteiger partial charge in [0, 0.05) is 19.5 Å². The van der Waals surface area contributed by atoms with Gasteiger partial charge in [-0.15, -0.1) is 0 Å². The molecule has 0 aromatic rings. The van der Waals surface area contributed by atoms with Crippen LogP contribution in [0.2, 0.25) is 0 Å². The molecule has 0 bridgehead atoms. The van der Waals surface area contributed by atoms with Gasteiger partial charge in [0.15, 0.2) is 0 Å². The van der Waals surface area contributed by atoms with Crippen molar-refractivity contribution in [3.05, 3.63) is 0 Å². The van der Waals surface area contributed by atoms with E-state index >= 15 is 0 Å². The first-order valence-electron chi connectivity index (χ1n) is 13.1. The Morgan fingerprint density at radius 1 is 1.09 bits per heavy atom. The number of nitrogens with one attached hydrogen (secondary N) is 1. The van der Waals surface area contributed by atoms with Gasteiger partial charge in [-0.3, -0.25) is 4.79 Å². The van der Waals surface area contributed by atoms with Crippen LogP contribution in [0, 0.1) is 46.3 Å². The van der Waals surface area contributed by atoms with Crippen LogP contribution >= 0.6 is 0 Å². The molecular formula is C26H46N2O4. The van der Waals surface area contributed by atoms with E-state index in [-0.39, 0.29) is 41.0 Å². The molecule has 6 N–H and O–H groups in total. The number of rotatable bonds is 6. The van der Waals surface area contributed by atoms with Crippen LogP contribution in [0.1, 0.15) is 78.6 Å². The van der Waals surface area contributed by atoms with Crippen molar-refractivity contribution < 1.29 is 20.1 Å². The molecule has 4 rings (SSSR count). The number of hydrogen-bond donors (Lipinski definition) is 5. The van der Waals surface area contributed by atoms with Crippen molar-refractivity contribution in [1.29, 1.82) is 0 Å². The van der Waals surface area contributed by atoms with Crippen LogP contribution in [0.3, 0.4) is 0 Å². The predicted molar refractivity (Wildman–Crippen MR) is 124 cm³/mol. The quantitative estimate of drug-likeness (QED) is 0.426. The molecule has 4 saturated carbocycles. The van der Waals surface area contributed by atoms with E-state index in [0.29, 0.717) is 49.1 Å². The molecular weight excluding hydrogens is 404 g/mol. The molecule has 6 heteroatoms. The van der Waals surface area contributed by atoms with E-state index in [9.17, 15) is 20.1 Å². The molecule has 0 radical (unpaired) electrons. The summed E-state index contributed by atoms with van der Waals surface area (Å²) < 4.78 is 0. The van der Waals surface area contributed by atoms with Crippen molar-refractivity contribution in [3.63, 3.8) is 0 Å². The van der Waals surface area contributed by atoms with Gasteiger partial charge in [-0.25, -0.2) is 0 Å². The minimum Gasteiger partial charge on any atom is -0.393 e. The average Bonchev–Trinajstić information content (AvgIpc) is 3.11. The molecule has 6 nitrogen and oxygen atoms in total. The van der Waals surface area contributed by atoms with E-state index in [0.717, 1.165) is 51.4 Å². The largest absolute Gasteiger partial charge is 0.393 e. The first-order valence-corrected chi connectivity index (χ1v) is 13.1. The highest BCUT2D eigenvalue weighted by atomic mass is 16.3. The Kier molecular flexibility index (Phi) is 7.00. The lowest BCUT2D eigenvalue weighted by Gasteiger charge is -2.63. The van der Waals surface area contributed by atoms with E-state index < -0.39 is 0 Å². The minimum absolute atomic E-state index is 0.0624. The number of nitrogens with two attached hydrogens (primary N) is 1. The Bertz CT molecular complexity index is 689. The van der Waals surface area contributed by atoms with Crippen molar-refractivity contribution >= 4 is 5.91 Å². The van der Waals surface area contributed by atoms with Crippen molar-refractivity contribution in [2.75, 3.05) is 13.1 Å². The number of aliphatic hydroxyl groups excluding tert-OH is 3. The fourth-order valence-corrected chi connectivity index (χ4v) is 8.99. The Hall–Kier alpha value is -0.690. The lowest BCUT2D eigenvalue weighted by molar-refractivity contribution is -0.207. The summed E-state index contributed by atoms with van der Waals surface area (Å²) in [5.74, 6) is 2.03. The molecule has 4 fully saturated rings. The van der Waals surface area contributed by atoms with Crippen LogP contribution in [0.25, 0.3) is 0 Å². The SMILES string of the molecule is C[C@H](CCC(=O)NCCN)[C@@H]1CC[C@H]2C3[C@H](O)C[C@@H]4C[C@H](O)CC[C@]4(C)[C@@H]3C[C@H](O)[C@@]21C. The zero-order valence-electron chi connectivity index (χ0n) is 20.3. The number of aliphatic hydroxyl groups is 3. The van der Waals surface area contributed by atoms with E-state index in [1.807, 2.05) is 0 Å². The number of amides is 1. The summed E-state index contributed by atoms with van der Waals surface area (Å²) in [6, 6.07) is 0. The number of carbonyl (C=O) groups excluding carboxylic acids is 1. The molecule has 0 saturated heterocycles. The molecule has 0 aromatic heterocycles. The Labute approximate surface area is 193 Å². The zero-order valence-corrected chi connectivity index (χ0v) is 20.3. The standard InChI is InChI=1S/C26H46N2O4/c1-15(4-7-23(32)28-11-10-27)18-5-6-19-24-20(14-22(31)26(18,19)3)25(2)9-8-17(29)12-16(25)13-21(24)30/h15-22,24,29-31H,4-14,27H2,1-3H3,(H,28,32)/t15-,16+,17-,18+,19+,20-,21-,22+,24?,25+,26-/m1/s1. The smallest absolute Gasteiger partial charge is 0.220 e. The van der Waals surface area contributed by atoms with Gasteiger partial charge in [0.05, 0.1) is 18.3 Å². The zero-order chi connectivity index (χ0) is 23.3. The molecule has 1 unspecified atom stereocenters. The van der Waals surface area contributed by atoms with Gasteiger partial charge < -0.3 is 26.4 Å². The molecule has 0 heterocycles. The van der Waals surface area contributed by atoms with E-state index in [4.69, 9.17) is 5.73 Å². The lowest BCUT2D eigenvalue weighted by atomic mass is 9.43. The minimum atomic E-state index is -0.371. The summed E-state index contributed by atoms with van der Waals surface area (Å²) in [6.07, 6.45) is 6.70. The van der Waals surface area contributed by atoms with E-state index in [1.165, 1.54) is 0 Å². The summed E-state index contributed by atoms with van der Waals surface area (Å²) in [5, 5.41) is 36.1. The van der Waals surface area contributed by atoms with Gasteiger partial charge >= 0.3 is 0 Å². The fraction of sp³-hybridized carbons (Fsp3) is 0.962. The monoisotopic (exact) mass is 450 g/mol. The highest BCUT2D eigenvalue weighted by Crippen LogP contribution is 2.68. The topological polar surface area (TPSA) is 116 Å². The molecule has 32 heavy (non-hydrogen) atoms. The molecule has 0 aliphatic heterocycles. The maximum Gasteiger partial charge on any atom is 0.220 e. The van der Waals surface area contributed by atoms with Gasteiger partial charge in [-0.2, -0.15) is 0 Å². The van der Waals surface area contributed by atoms with Crippen LogP contribution in [-0.2, 0) is 4.79 Å². The van der Waals surface area contributed by atoms with Crippen LogP contribution in [0.15, 0.2) is 0 Å². The maximum atomic E-state index is 12.1. The summed E-state index contributed by atoms with van der Waals surface area (Å²) in [4.78, 5) is 12.1. The second-order valence-corrected chi connectivity index (χ2v) is 12.2. The highest BCUT2D eigenvalue weighted by Gasteiger charge is 2.65. The fourth-order valence-electron chi connectivity index (χ4n) is 8.99. The maximum absolute atomic E-state index is 12.1. The Balaban J connectivity index is 1.51. The normalized spacial score (nSPS) is 49.0. The van der Waals surface area contributed by atoms with Crippen molar-refractivity contribution in [2.45, 2.75) is 96.9 Å². The molecule has 0 aromatic carbocycles. The predicted octanol–water partition coefficient (Wildman–Crippen LogP) is 2.44. The molecule has 4 aliphatic carbocycles. The van der Waals surface area contributed by atoms with Crippen LogP contribution in [0.5, 0.6) is 0 Å². The number of hydrogen-bond acceptors (Lipinski definition) is 5. The van der Waals surface area contributed by atoms with Gasteiger partial charge in [0.2, 0.25) is 5.91 Å². The number of carbonyl (C=O) groups is 1. The van der Waals surface area contributed by atoms with E-state index in [2.05, 4.69) is 26.1 Å². The van der Waals surface area contributed by atoms with Crippen LogP contribution < -0.4 is 11.1 Å². The van der Waals surface area contributed by atoms with Crippen LogP contribution in [-0.4, -0.2) is 52.6 Å². The van der Waals surface area contributed by atoms with Crippen molar-refractivity contribution in [2.24, 2.45) is 52.1 Å². The Morgan fingerprint density at radius 3 is 2.56 bits per heavy atom. The molecule has 1 amide bonds. The third-order valence-electron chi connectivity index (χ3n) is 10.8. The highest BCUT2D eigenvalue weighted by molar-refractivity contribution is 5.75. The molecule has 184 valence electrons. The third-order valence-corrected chi connectivity index (χ3v) is 10.8. The Morgan fingerprint density at radius 2 is 1.84 bits per heavy atom. The van der Waals surface area contributed by atoms with Gasteiger partial charge in [-0.1, -0.05) is 20.8 Å². The average molecular weight is 451 g/mol. The lowest BCUT2D eigenvalue weighted by Crippen LogP contribution is -2.62.